The van der Waals surface area contributed by atoms with Gasteiger partial charge < -0.3 is 0 Å². The van der Waals surface area contributed by atoms with Gasteiger partial charge in [-0.2, -0.15) is 5.10 Å². The van der Waals surface area contributed by atoms with E-state index in [1.807, 2.05) is 6.07 Å². The van der Waals surface area contributed by atoms with Crippen molar-refractivity contribution in [3.63, 3.8) is 0 Å². The van der Waals surface area contributed by atoms with Gasteiger partial charge in [0.2, 0.25) is 0 Å². The topological polar surface area (TPSA) is 64.0 Å². The molecule has 0 amide bonds. The van der Waals surface area contributed by atoms with E-state index in [1.165, 1.54) is 12.1 Å². The quantitative estimate of drug-likeness (QED) is 0.501. The smallest absolute Gasteiger partial charge is 0.265 e. The summed E-state index contributed by atoms with van der Waals surface area (Å²) in [6, 6.07) is 8.22. The largest absolute Gasteiger partial charge is 0.272 e. The monoisotopic (exact) mass is 499 g/mol. The van der Waals surface area contributed by atoms with Crippen LogP contribution in [0.5, 0.6) is 0 Å². The molecule has 0 spiro atoms. The van der Waals surface area contributed by atoms with Crippen LogP contribution in [0.2, 0.25) is 14.4 Å². The second-order valence-corrected chi connectivity index (χ2v) is 10.2. The highest BCUT2D eigenvalue weighted by molar-refractivity contribution is 9.10. The SMILES string of the molecule is O=S(=O)(Nc1nn(Cc2ccc(Cl)c(Cl)c2)cc1Br)c1ccc(Cl)s1. The van der Waals surface area contributed by atoms with Crippen molar-refractivity contribution in [1.82, 2.24) is 9.78 Å². The van der Waals surface area contributed by atoms with E-state index in [4.69, 9.17) is 34.8 Å². The highest BCUT2D eigenvalue weighted by Gasteiger charge is 2.20. The van der Waals surface area contributed by atoms with E-state index in [0.717, 1.165) is 16.9 Å². The summed E-state index contributed by atoms with van der Waals surface area (Å²) in [5.41, 5.74) is 0.879. The Morgan fingerprint density at radius 2 is 1.92 bits per heavy atom. The van der Waals surface area contributed by atoms with E-state index in [2.05, 4.69) is 25.8 Å². The molecule has 1 aromatic carbocycles. The maximum absolute atomic E-state index is 12.4. The first-order valence-corrected chi connectivity index (χ1v) is 10.9. The fourth-order valence-corrected chi connectivity index (χ4v) is 5.36. The Morgan fingerprint density at radius 3 is 2.56 bits per heavy atom. The Hall–Kier alpha value is -0.770. The summed E-state index contributed by atoms with van der Waals surface area (Å²) in [6.45, 7) is 0.405. The number of hydrogen-bond acceptors (Lipinski definition) is 4. The lowest BCUT2D eigenvalue weighted by molar-refractivity contribution is 0.602. The minimum absolute atomic E-state index is 0.114. The third-order valence-electron chi connectivity index (χ3n) is 3.09. The minimum Gasteiger partial charge on any atom is -0.265 e. The first-order valence-electron chi connectivity index (χ1n) is 6.69. The Balaban J connectivity index is 1.81. The molecule has 11 heteroatoms. The number of rotatable bonds is 5. The number of nitrogens with zero attached hydrogens (tertiary/aromatic N) is 2. The molecule has 0 aliphatic carbocycles. The molecule has 3 aromatic rings. The van der Waals surface area contributed by atoms with Crippen molar-refractivity contribution in [2.24, 2.45) is 0 Å². The van der Waals surface area contributed by atoms with Gasteiger partial charge in [0.05, 0.1) is 25.4 Å². The number of thiophene rings is 1. The number of aromatic nitrogens is 2. The van der Waals surface area contributed by atoms with E-state index >= 15 is 0 Å². The zero-order chi connectivity index (χ0) is 18.2. The zero-order valence-corrected chi connectivity index (χ0v) is 17.7. The lowest BCUT2D eigenvalue weighted by Gasteiger charge is -2.05. The predicted molar refractivity (Wildman–Crippen MR) is 106 cm³/mol. The molecule has 2 aromatic heterocycles. The number of benzene rings is 1. The highest BCUT2D eigenvalue weighted by Crippen LogP contribution is 2.29. The Labute approximate surface area is 171 Å². The summed E-state index contributed by atoms with van der Waals surface area (Å²) in [5, 5.41) is 5.16. The molecule has 0 fully saturated rings. The first-order chi connectivity index (χ1) is 11.7. The van der Waals surface area contributed by atoms with Gasteiger partial charge >= 0.3 is 0 Å². The molecular weight excluding hydrogens is 493 g/mol. The van der Waals surface area contributed by atoms with Crippen molar-refractivity contribution in [3.8, 4) is 0 Å². The molecule has 0 aliphatic heterocycles. The average Bonchev–Trinajstić information content (AvgIpc) is 3.10. The number of hydrogen-bond donors (Lipinski definition) is 1. The summed E-state index contributed by atoms with van der Waals surface area (Å²) in [6.07, 6.45) is 1.67. The van der Waals surface area contributed by atoms with Gasteiger partial charge in [0.25, 0.3) is 10.0 Å². The van der Waals surface area contributed by atoms with Crippen LogP contribution in [0.1, 0.15) is 5.56 Å². The molecule has 0 bridgehead atoms. The number of nitrogens with one attached hydrogen (secondary N) is 1. The fraction of sp³-hybridized carbons (Fsp3) is 0.0714. The second kappa shape index (κ2) is 7.46. The zero-order valence-electron chi connectivity index (χ0n) is 12.2. The molecule has 0 saturated heterocycles. The van der Waals surface area contributed by atoms with Gasteiger partial charge in [0.1, 0.15) is 4.21 Å². The predicted octanol–water partition coefficient (Wildman–Crippen LogP) is 5.52. The van der Waals surface area contributed by atoms with Gasteiger partial charge in [-0.1, -0.05) is 40.9 Å². The van der Waals surface area contributed by atoms with Crippen LogP contribution >= 0.6 is 62.1 Å². The molecule has 2 heterocycles. The molecule has 1 N–H and O–H groups in total. The van der Waals surface area contributed by atoms with Gasteiger partial charge in [-0.15, -0.1) is 11.3 Å². The summed E-state index contributed by atoms with van der Waals surface area (Å²) in [4.78, 5) is 0. The van der Waals surface area contributed by atoms with Crippen molar-refractivity contribution < 1.29 is 8.42 Å². The van der Waals surface area contributed by atoms with Gasteiger partial charge in [0, 0.05) is 6.20 Å². The van der Waals surface area contributed by atoms with Crippen LogP contribution in [0.4, 0.5) is 5.82 Å². The van der Waals surface area contributed by atoms with Gasteiger partial charge in [-0.3, -0.25) is 9.40 Å². The van der Waals surface area contributed by atoms with Gasteiger partial charge in [-0.05, 0) is 45.8 Å². The molecule has 0 aliphatic rings. The van der Waals surface area contributed by atoms with Crippen LogP contribution in [-0.2, 0) is 16.6 Å². The molecular formula is C14H9BrCl3N3O2S2. The van der Waals surface area contributed by atoms with Crippen molar-refractivity contribution >= 4 is 77.9 Å². The van der Waals surface area contributed by atoms with E-state index in [0.29, 0.717) is 25.4 Å². The molecule has 0 saturated carbocycles. The first kappa shape index (κ1) is 19.0. The van der Waals surface area contributed by atoms with Crippen molar-refractivity contribution in [3.05, 3.63) is 60.9 Å². The number of halogens is 4. The lowest BCUT2D eigenvalue weighted by Crippen LogP contribution is -2.12. The third kappa shape index (κ3) is 4.50. The van der Waals surface area contributed by atoms with Crippen molar-refractivity contribution in [2.75, 3.05) is 4.72 Å². The minimum atomic E-state index is -3.75. The van der Waals surface area contributed by atoms with Gasteiger partial charge in [0.15, 0.2) is 5.82 Å². The normalized spacial score (nSPS) is 11.7. The second-order valence-electron chi connectivity index (χ2n) is 4.94. The van der Waals surface area contributed by atoms with E-state index < -0.39 is 10.0 Å². The van der Waals surface area contributed by atoms with Crippen LogP contribution in [0, 0.1) is 0 Å². The molecule has 0 unspecified atom stereocenters. The maximum atomic E-state index is 12.4. The fourth-order valence-electron chi connectivity index (χ4n) is 1.99. The summed E-state index contributed by atoms with van der Waals surface area (Å²) >= 11 is 22.0. The molecule has 0 radical (unpaired) electrons. The Morgan fingerprint density at radius 1 is 1.16 bits per heavy atom. The lowest BCUT2D eigenvalue weighted by atomic mass is 10.2. The summed E-state index contributed by atoms with van der Waals surface area (Å²) in [7, 11) is -3.75. The van der Waals surface area contributed by atoms with Crippen LogP contribution in [0.25, 0.3) is 0 Å². The Bertz CT molecular complexity index is 1030. The summed E-state index contributed by atoms with van der Waals surface area (Å²) < 4.78 is 29.8. The molecule has 5 nitrogen and oxygen atoms in total. The molecule has 25 heavy (non-hydrogen) atoms. The number of sulfonamides is 1. The molecule has 132 valence electrons. The molecule has 0 atom stereocenters. The van der Waals surface area contributed by atoms with Crippen LogP contribution in [0.3, 0.4) is 0 Å². The third-order valence-corrected chi connectivity index (χ3v) is 7.47. The Kier molecular flexibility index (Phi) is 5.67. The van der Waals surface area contributed by atoms with Crippen molar-refractivity contribution in [2.45, 2.75) is 10.8 Å². The van der Waals surface area contributed by atoms with Crippen LogP contribution in [0.15, 0.2) is 45.2 Å². The number of anilines is 1. The standard InChI is InChI=1S/C14H9BrCl3N3O2S2/c15-9-7-21(6-8-1-2-10(16)11(17)5-8)19-14(9)20-25(22,23)13-4-3-12(18)24-13/h1-5,7H,6H2,(H,19,20). The molecule has 3 rings (SSSR count). The van der Waals surface area contributed by atoms with Crippen LogP contribution < -0.4 is 4.72 Å². The highest BCUT2D eigenvalue weighted by atomic mass is 79.9. The van der Waals surface area contributed by atoms with E-state index in [9.17, 15) is 8.42 Å². The van der Waals surface area contributed by atoms with Gasteiger partial charge in [-0.25, -0.2) is 8.42 Å². The average molecular weight is 502 g/mol. The van der Waals surface area contributed by atoms with Crippen molar-refractivity contribution in [1.29, 1.82) is 0 Å². The summed E-state index contributed by atoms with van der Waals surface area (Å²) in [5.74, 6) is 0.185. The maximum Gasteiger partial charge on any atom is 0.272 e. The van der Waals surface area contributed by atoms with Crippen LogP contribution in [-0.4, -0.2) is 18.2 Å². The van der Waals surface area contributed by atoms with E-state index in [1.54, 1.807) is 23.0 Å². The van der Waals surface area contributed by atoms with E-state index in [-0.39, 0.29) is 10.0 Å².